The van der Waals surface area contributed by atoms with E-state index in [9.17, 15) is 0 Å². The maximum Gasteiger partial charge on any atom is 1.00 e. The zero-order chi connectivity index (χ0) is 8.65. The van der Waals surface area contributed by atoms with Crippen LogP contribution in [0.1, 0.15) is 51.4 Å². The summed E-state index contributed by atoms with van der Waals surface area (Å²) in [5.41, 5.74) is 0. The minimum absolute atomic E-state index is 0. The molecule has 0 amide bonds. The smallest absolute Gasteiger partial charge is 0.343 e. The van der Waals surface area contributed by atoms with Crippen molar-refractivity contribution in [2.24, 2.45) is 0 Å². The van der Waals surface area contributed by atoms with Crippen LogP contribution in [0.4, 0.5) is 0 Å². The second-order valence-corrected chi connectivity index (χ2v) is 3.85. The second-order valence-electron chi connectivity index (χ2n) is 3.85. The minimum Gasteiger partial charge on any atom is -0.343 e. The van der Waals surface area contributed by atoms with Crippen molar-refractivity contribution in [2.45, 2.75) is 57.4 Å². The third-order valence-electron chi connectivity index (χ3n) is 2.71. The molecule has 1 nitrogen and oxygen atoms in total. The molecule has 0 spiro atoms. The molecule has 1 rings (SSSR count). The van der Waals surface area contributed by atoms with Gasteiger partial charge in [-0.3, -0.25) is 0 Å². The van der Waals surface area contributed by atoms with E-state index in [1.54, 1.807) is 0 Å². The van der Waals surface area contributed by atoms with E-state index in [2.05, 4.69) is 12.2 Å². The van der Waals surface area contributed by atoms with E-state index in [-0.39, 0.29) is 18.9 Å². The molecule has 1 heterocycles. The summed E-state index contributed by atoms with van der Waals surface area (Å²) in [5.74, 6) is 0. The Morgan fingerprint density at radius 3 is 2.77 bits per heavy atom. The Labute approximate surface area is 95.2 Å². The maximum atomic E-state index is 3.87. The predicted molar refractivity (Wildman–Crippen MR) is 54.1 cm³/mol. The number of rotatable bonds is 4. The number of unbranched alkanes of at least 4 members (excludes halogenated alkanes) is 2. The fourth-order valence-electron chi connectivity index (χ4n) is 1.91. The van der Waals surface area contributed by atoms with Crippen LogP contribution in [0.2, 0.25) is 0 Å². The number of nitrogens with one attached hydrogen (secondary N) is 1. The molecular formula is C11H22LiN. The van der Waals surface area contributed by atoms with Gasteiger partial charge in [0.1, 0.15) is 0 Å². The Bertz CT molecular complexity index is 98.3. The molecule has 1 atom stereocenters. The Hall–Kier alpha value is 0.557. The van der Waals surface area contributed by atoms with Gasteiger partial charge in [-0.05, 0) is 25.8 Å². The zero-order valence-electron chi connectivity index (χ0n) is 9.15. The van der Waals surface area contributed by atoms with Crippen LogP contribution in [0.5, 0.6) is 0 Å². The van der Waals surface area contributed by atoms with Crippen LogP contribution in [0, 0.1) is 6.92 Å². The van der Waals surface area contributed by atoms with Crippen molar-refractivity contribution in [1.29, 1.82) is 0 Å². The summed E-state index contributed by atoms with van der Waals surface area (Å²) >= 11 is 0. The molecule has 1 unspecified atom stereocenters. The molecule has 0 aliphatic carbocycles. The van der Waals surface area contributed by atoms with E-state index < -0.39 is 0 Å². The van der Waals surface area contributed by atoms with Crippen molar-refractivity contribution in [3.05, 3.63) is 6.92 Å². The van der Waals surface area contributed by atoms with E-state index in [1.807, 2.05) is 0 Å². The van der Waals surface area contributed by atoms with Crippen molar-refractivity contribution in [3.8, 4) is 0 Å². The first-order chi connectivity index (χ1) is 5.93. The van der Waals surface area contributed by atoms with E-state index >= 15 is 0 Å². The van der Waals surface area contributed by atoms with Gasteiger partial charge in [0.05, 0.1) is 0 Å². The van der Waals surface area contributed by atoms with Crippen molar-refractivity contribution < 1.29 is 18.9 Å². The van der Waals surface area contributed by atoms with Gasteiger partial charge in [-0.25, -0.2) is 0 Å². The predicted octanol–water partition coefficient (Wildman–Crippen LogP) is -0.0829. The molecule has 1 saturated heterocycles. The van der Waals surface area contributed by atoms with Crippen LogP contribution in [-0.4, -0.2) is 12.6 Å². The average molecular weight is 175 g/mol. The van der Waals surface area contributed by atoms with Gasteiger partial charge in [0.25, 0.3) is 0 Å². The summed E-state index contributed by atoms with van der Waals surface area (Å²) in [5, 5.41) is 3.62. The molecule has 1 aliphatic rings. The van der Waals surface area contributed by atoms with E-state index in [0.717, 1.165) is 12.5 Å². The van der Waals surface area contributed by atoms with E-state index in [4.69, 9.17) is 0 Å². The Balaban J connectivity index is 0.00000144. The summed E-state index contributed by atoms with van der Waals surface area (Å²) in [4.78, 5) is 0. The van der Waals surface area contributed by atoms with Crippen LogP contribution in [0.3, 0.4) is 0 Å². The standard InChI is InChI=1S/C11H22N.Li/c1-2-3-5-8-11-9-6-4-7-10-12-11;/h11-12H,1-10H2;/q-1;+1. The van der Waals surface area contributed by atoms with Crippen LogP contribution < -0.4 is 24.2 Å². The fourth-order valence-corrected chi connectivity index (χ4v) is 1.91. The minimum atomic E-state index is 0. The maximum absolute atomic E-state index is 3.87. The van der Waals surface area contributed by atoms with Gasteiger partial charge >= 0.3 is 18.9 Å². The fraction of sp³-hybridized carbons (Fsp3) is 0.909. The van der Waals surface area contributed by atoms with Gasteiger partial charge in [-0.2, -0.15) is 6.42 Å². The number of hydrogen-bond donors (Lipinski definition) is 1. The molecule has 0 saturated carbocycles. The first-order valence-corrected chi connectivity index (χ1v) is 5.46. The largest absolute Gasteiger partial charge is 1.00 e. The SMILES string of the molecule is [CH2-]CCCCC1CCCCCN1.[Li+]. The van der Waals surface area contributed by atoms with Crippen molar-refractivity contribution in [2.75, 3.05) is 6.54 Å². The molecule has 0 aromatic heterocycles. The number of hydrogen-bond acceptors (Lipinski definition) is 1. The summed E-state index contributed by atoms with van der Waals surface area (Å²) in [6.07, 6.45) is 10.8. The normalized spacial score (nSPS) is 23.3. The molecule has 72 valence electrons. The molecule has 1 aliphatic heterocycles. The third kappa shape index (κ3) is 6.60. The molecular weight excluding hydrogens is 153 g/mol. The van der Waals surface area contributed by atoms with Gasteiger partial charge < -0.3 is 12.2 Å². The second kappa shape index (κ2) is 9.13. The van der Waals surface area contributed by atoms with Gasteiger partial charge in [-0.1, -0.05) is 25.7 Å². The van der Waals surface area contributed by atoms with Crippen LogP contribution >= 0.6 is 0 Å². The first-order valence-electron chi connectivity index (χ1n) is 5.46. The molecule has 0 bridgehead atoms. The zero-order valence-corrected chi connectivity index (χ0v) is 9.15. The third-order valence-corrected chi connectivity index (χ3v) is 2.71. The summed E-state index contributed by atoms with van der Waals surface area (Å²) in [6.45, 7) is 5.11. The van der Waals surface area contributed by atoms with Crippen molar-refractivity contribution >= 4 is 0 Å². The van der Waals surface area contributed by atoms with Gasteiger partial charge in [0, 0.05) is 6.04 Å². The van der Waals surface area contributed by atoms with Crippen molar-refractivity contribution in [1.82, 2.24) is 5.32 Å². The summed E-state index contributed by atoms with van der Waals surface area (Å²) < 4.78 is 0. The summed E-state index contributed by atoms with van der Waals surface area (Å²) in [7, 11) is 0. The Morgan fingerprint density at radius 1 is 1.15 bits per heavy atom. The summed E-state index contributed by atoms with van der Waals surface area (Å²) in [6, 6.07) is 0.819. The van der Waals surface area contributed by atoms with Gasteiger partial charge in [0.2, 0.25) is 0 Å². The Kier molecular flexibility index (Phi) is 9.52. The molecule has 0 radical (unpaired) electrons. The molecule has 0 aromatic rings. The average Bonchev–Trinajstić information content (AvgIpc) is 2.33. The molecule has 13 heavy (non-hydrogen) atoms. The molecule has 0 aromatic carbocycles. The topological polar surface area (TPSA) is 12.0 Å². The van der Waals surface area contributed by atoms with Gasteiger partial charge in [0.15, 0.2) is 0 Å². The molecule has 1 N–H and O–H groups in total. The van der Waals surface area contributed by atoms with Crippen LogP contribution in [-0.2, 0) is 0 Å². The quantitative estimate of drug-likeness (QED) is 0.358. The van der Waals surface area contributed by atoms with Crippen molar-refractivity contribution in [3.63, 3.8) is 0 Å². The van der Waals surface area contributed by atoms with E-state index in [0.29, 0.717) is 0 Å². The molecule has 2 heteroatoms. The molecule has 1 fully saturated rings. The van der Waals surface area contributed by atoms with Crippen LogP contribution in [0.25, 0.3) is 0 Å². The Morgan fingerprint density at radius 2 is 2.00 bits per heavy atom. The van der Waals surface area contributed by atoms with Crippen LogP contribution in [0.15, 0.2) is 0 Å². The monoisotopic (exact) mass is 175 g/mol. The first kappa shape index (κ1) is 13.6. The van der Waals surface area contributed by atoms with Gasteiger partial charge in [-0.15, -0.1) is 0 Å². The van der Waals surface area contributed by atoms with E-state index in [1.165, 1.54) is 51.5 Å².